The predicted octanol–water partition coefficient (Wildman–Crippen LogP) is 2.81. The second-order valence-electron chi connectivity index (χ2n) is 4.83. The number of pyridine rings is 1. The first kappa shape index (κ1) is 13.7. The number of aliphatic hydroxyl groups excluding tert-OH is 1. The summed E-state index contributed by atoms with van der Waals surface area (Å²) in [5.41, 5.74) is 2.11. The van der Waals surface area contributed by atoms with Gasteiger partial charge in [0, 0.05) is 25.0 Å². The molecule has 2 rings (SSSR count). The average molecular weight is 256 g/mol. The molecule has 3 heteroatoms. The lowest BCUT2D eigenvalue weighted by Crippen LogP contribution is -2.27. The van der Waals surface area contributed by atoms with Crippen molar-refractivity contribution in [1.82, 2.24) is 9.88 Å². The van der Waals surface area contributed by atoms with Gasteiger partial charge >= 0.3 is 0 Å². The Morgan fingerprint density at radius 3 is 2.42 bits per heavy atom. The number of aliphatic hydroxyl groups is 1. The van der Waals surface area contributed by atoms with E-state index in [1.165, 1.54) is 0 Å². The standard InChI is InChI=1S/C16H20N2O/c1-13(15-9-6-10-17-11-15)18(2)12-16(19)14-7-4-3-5-8-14/h3-11,13,16,19H,12H2,1-2H3. The third-order valence-electron chi connectivity index (χ3n) is 3.47. The molecule has 0 radical (unpaired) electrons. The van der Waals surface area contributed by atoms with Crippen LogP contribution in [-0.2, 0) is 0 Å². The van der Waals surface area contributed by atoms with Crippen LogP contribution in [0, 0.1) is 0 Å². The molecule has 1 aromatic carbocycles. The van der Waals surface area contributed by atoms with Crippen molar-refractivity contribution in [1.29, 1.82) is 0 Å². The number of benzene rings is 1. The molecule has 1 N–H and O–H groups in total. The second kappa shape index (κ2) is 6.45. The topological polar surface area (TPSA) is 36.4 Å². The highest BCUT2D eigenvalue weighted by atomic mass is 16.3. The maximum atomic E-state index is 10.2. The van der Waals surface area contributed by atoms with Crippen molar-refractivity contribution in [3.8, 4) is 0 Å². The van der Waals surface area contributed by atoms with E-state index in [0.29, 0.717) is 6.54 Å². The number of nitrogens with zero attached hydrogens (tertiary/aromatic N) is 2. The van der Waals surface area contributed by atoms with Crippen LogP contribution < -0.4 is 0 Å². The largest absolute Gasteiger partial charge is 0.387 e. The SMILES string of the molecule is CC(c1cccnc1)N(C)CC(O)c1ccccc1. The lowest BCUT2D eigenvalue weighted by molar-refractivity contribution is 0.108. The summed E-state index contributed by atoms with van der Waals surface area (Å²) < 4.78 is 0. The van der Waals surface area contributed by atoms with Crippen molar-refractivity contribution in [3.05, 3.63) is 66.0 Å². The molecule has 2 unspecified atom stereocenters. The minimum atomic E-state index is -0.467. The van der Waals surface area contributed by atoms with Crippen LogP contribution in [0.4, 0.5) is 0 Å². The summed E-state index contributed by atoms with van der Waals surface area (Å²) in [6.45, 7) is 2.72. The van der Waals surface area contributed by atoms with Gasteiger partial charge in [0.2, 0.25) is 0 Å². The van der Waals surface area contributed by atoms with Crippen LogP contribution in [0.15, 0.2) is 54.9 Å². The van der Waals surface area contributed by atoms with E-state index in [1.54, 1.807) is 6.20 Å². The molecular weight excluding hydrogens is 236 g/mol. The van der Waals surface area contributed by atoms with Gasteiger partial charge in [-0.05, 0) is 31.2 Å². The minimum Gasteiger partial charge on any atom is -0.387 e. The molecule has 1 heterocycles. The number of aromatic nitrogens is 1. The summed E-state index contributed by atoms with van der Waals surface area (Å²) in [6, 6.07) is 14.0. The second-order valence-corrected chi connectivity index (χ2v) is 4.83. The van der Waals surface area contributed by atoms with E-state index in [4.69, 9.17) is 0 Å². The van der Waals surface area contributed by atoms with Crippen molar-refractivity contribution >= 4 is 0 Å². The molecule has 100 valence electrons. The molecule has 0 aliphatic carbocycles. The molecule has 0 spiro atoms. The molecule has 0 aliphatic heterocycles. The van der Waals surface area contributed by atoms with Crippen molar-refractivity contribution in [3.63, 3.8) is 0 Å². The summed E-state index contributed by atoms with van der Waals surface area (Å²) in [4.78, 5) is 6.27. The Morgan fingerprint density at radius 2 is 1.79 bits per heavy atom. The lowest BCUT2D eigenvalue weighted by atomic mass is 10.1. The minimum absolute atomic E-state index is 0.229. The van der Waals surface area contributed by atoms with Gasteiger partial charge in [-0.1, -0.05) is 36.4 Å². The molecule has 2 aromatic rings. The van der Waals surface area contributed by atoms with Gasteiger partial charge in [0.05, 0.1) is 6.10 Å². The van der Waals surface area contributed by atoms with E-state index in [1.807, 2.05) is 49.6 Å². The summed E-state index contributed by atoms with van der Waals surface area (Å²) in [7, 11) is 2.02. The maximum absolute atomic E-state index is 10.2. The fourth-order valence-electron chi connectivity index (χ4n) is 2.09. The van der Waals surface area contributed by atoms with Gasteiger partial charge in [-0.25, -0.2) is 0 Å². The first-order valence-corrected chi connectivity index (χ1v) is 6.51. The van der Waals surface area contributed by atoms with Gasteiger partial charge in [-0.3, -0.25) is 9.88 Å². The number of hydrogen-bond acceptors (Lipinski definition) is 3. The summed E-state index contributed by atoms with van der Waals surface area (Å²) in [6.07, 6.45) is 3.18. The molecule has 0 bridgehead atoms. The summed E-state index contributed by atoms with van der Waals surface area (Å²) in [5, 5.41) is 10.2. The highest BCUT2D eigenvalue weighted by Gasteiger charge is 2.16. The zero-order valence-electron chi connectivity index (χ0n) is 11.4. The van der Waals surface area contributed by atoms with Crippen LogP contribution in [-0.4, -0.2) is 28.6 Å². The Kier molecular flexibility index (Phi) is 4.66. The van der Waals surface area contributed by atoms with Crippen molar-refractivity contribution in [2.24, 2.45) is 0 Å². The van der Waals surface area contributed by atoms with Gasteiger partial charge in [-0.15, -0.1) is 0 Å². The first-order valence-electron chi connectivity index (χ1n) is 6.51. The Bertz CT molecular complexity index is 487. The van der Waals surface area contributed by atoms with Gasteiger partial charge in [0.1, 0.15) is 0 Å². The van der Waals surface area contributed by atoms with Gasteiger partial charge < -0.3 is 5.11 Å². The number of likely N-dealkylation sites (N-methyl/N-ethyl adjacent to an activating group) is 1. The zero-order valence-corrected chi connectivity index (χ0v) is 11.4. The average Bonchev–Trinajstić information content (AvgIpc) is 2.48. The van der Waals surface area contributed by atoms with E-state index >= 15 is 0 Å². The van der Waals surface area contributed by atoms with Crippen LogP contribution in [0.2, 0.25) is 0 Å². The third kappa shape index (κ3) is 3.63. The summed E-state index contributed by atoms with van der Waals surface area (Å²) >= 11 is 0. The molecule has 0 fully saturated rings. The Hall–Kier alpha value is -1.71. The van der Waals surface area contributed by atoms with Crippen LogP contribution in [0.1, 0.15) is 30.2 Å². The van der Waals surface area contributed by atoms with Crippen molar-refractivity contribution in [2.45, 2.75) is 19.1 Å². The molecule has 3 nitrogen and oxygen atoms in total. The third-order valence-corrected chi connectivity index (χ3v) is 3.47. The number of hydrogen-bond donors (Lipinski definition) is 1. The van der Waals surface area contributed by atoms with Crippen molar-refractivity contribution in [2.75, 3.05) is 13.6 Å². The van der Waals surface area contributed by atoms with Crippen LogP contribution >= 0.6 is 0 Å². The molecule has 0 saturated heterocycles. The fourth-order valence-corrected chi connectivity index (χ4v) is 2.09. The maximum Gasteiger partial charge on any atom is 0.0917 e. The highest BCUT2D eigenvalue weighted by molar-refractivity contribution is 5.18. The molecule has 0 saturated carbocycles. The Morgan fingerprint density at radius 1 is 1.11 bits per heavy atom. The van der Waals surface area contributed by atoms with Crippen LogP contribution in [0.5, 0.6) is 0 Å². The normalized spacial score (nSPS) is 14.3. The van der Waals surface area contributed by atoms with Gasteiger partial charge in [-0.2, -0.15) is 0 Å². The molecule has 2 atom stereocenters. The van der Waals surface area contributed by atoms with E-state index < -0.39 is 6.10 Å². The lowest BCUT2D eigenvalue weighted by Gasteiger charge is -2.27. The van der Waals surface area contributed by atoms with Crippen molar-refractivity contribution < 1.29 is 5.11 Å². The summed E-state index contributed by atoms with van der Waals surface area (Å²) in [5.74, 6) is 0. The fraction of sp³-hybridized carbons (Fsp3) is 0.312. The van der Waals surface area contributed by atoms with E-state index in [0.717, 1.165) is 11.1 Å². The van der Waals surface area contributed by atoms with Crippen LogP contribution in [0.3, 0.4) is 0 Å². The zero-order chi connectivity index (χ0) is 13.7. The van der Waals surface area contributed by atoms with Gasteiger partial charge in [0.15, 0.2) is 0 Å². The Balaban J connectivity index is 1.99. The smallest absolute Gasteiger partial charge is 0.0917 e. The molecule has 1 aromatic heterocycles. The van der Waals surface area contributed by atoms with E-state index in [-0.39, 0.29) is 6.04 Å². The highest BCUT2D eigenvalue weighted by Crippen LogP contribution is 2.21. The van der Waals surface area contributed by atoms with E-state index in [9.17, 15) is 5.11 Å². The van der Waals surface area contributed by atoms with Gasteiger partial charge in [0.25, 0.3) is 0 Å². The molecular formula is C16H20N2O. The molecule has 0 aliphatic rings. The quantitative estimate of drug-likeness (QED) is 0.893. The van der Waals surface area contributed by atoms with Crippen LogP contribution in [0.25, 0.3) is 0 Å². The number of rotatable bonds is 5. The predicted molar refractivity (Wildman–Crippen MR) is 76.7 cm³/mol. The Labute approximate surface area is 114 Å². The first-order chi connectivity index (χ1) is 9.18. The molecule has 0 amide bonds. The van der Waals surface area contributed by atoms with E-state index in [2.05, 4.69) is 22.9 Å². The molecule has 19 heavy (non-hydrogen) atoms. The monoisotopic (exact) mass is 256 g/mol.